The molecule has 0 amide bonds. The van der Waals surface area contributed by atoms with Crippen molar-refractivity contribution in [1.82, 2.24) is 9.97 Å². The minimum atomic E-state index is 0.510. The molecule has 0 spiro atoms. The number of nitrogens with zero attached hydrogens (tertiary/aromatic N) is 2. The molecule has 2 rings (SSSR count). The lowest BCUT2D eigenvalue weighted by Gasteiger charge is -1.98. The fraction of sp³-hybridized carbons (Fsp3) is 0. The van der Waals surface area contributed by atoms with Gasteiger partial charge in [-0.05, 0) is 28.1 Å². The van der Waals surface area contributed by atoms with Crippen LogP contribution < -0.4 is 0 Å². The maximum Gasteiger partial charge on any atom is 0.136 e. The summed E-state index contributed by atoms with van der Waals surface area (Å²) in [5.41, 5.74) is 0. The van der Waals surface area contributed by atoms with Crippen molar-refractivity contribution in [3.8, 4) is 0 Å². The van der Waals surface area contributed by atoms with E-state index in [0.29, 0.717) is 5.15 Å². The number of fused-ring (bicyclic) bond motifs is 1. The normalized spacial score (nSPS) is 10.5. The maximum atomic E-state index is 5.87. The molecule has 12 heavy (non-hydrogen) atoms. The monoisotopic (exact) mass is 242 g/mol. The van der Waals surface area contributed by atoms with Gasteiger partial charge < -0.3 is 0 Å². The van der Waals surface area contributed by atoms with Crippen LogP contribution in [0.1, 0.15) is 0 Å². The molecular formula is C8H4BrClN2. The highest BCUT2D eigenvalue weighted by atomic mass is 79.9. The van der Waals surface area contributed by atoms with Crippen LogP contribution in [0.15, 0.2) is 29.1 Å². The van der Waals surface area contributed by atoms with E-state index in [4.69, 9.17) is 11.6 Å². The van der Waals surface area contributed by atoms with Crippen LogP contribution in [0.4, 0.5) is 0 Å². The number of hydrogen-bond acceptors (Lipinski definition) is 2. The Kier molecular flexibility index (Phi) is 1.98. The Labute approximate surface area is 82.7 Å². The minimum absolute atomic E-state index is 0.510. The van der Waals surface area contributed by atoms with Gasteiger partial charge >= 0.3 is 0 Å². The van der Waals surface area contributed by atoms with Crippen molar-refractivity contribution in [1.29, 1.82) is 0 Å². The smallest absolute Gasteiger partial charge is 0.136 e. The lowest BCUT2D eigenvalue weighted by molar-refractivity contribution is 1.29. The second kappa shape index (κ2) is 2.99. The quantitative estimate of drug-likeness (QED) is 0.665. The zero-order chi connectivity index (χ0) is 8.55. The molecule has 2 aromatic rings. The van der Waals surface area contributed by atoms with Gasteiger partial charge in [0.2, 0.25) is 0 Å². The largest absolute Gasteiger partial charge is 0.249 e. The van der Waals surface area contributed by atoms with Crippen LogP contribution in [0.25, 0.3) is 10.8 Å². The SMILES string of the molecule is Clc1nccc2cnc(Br)cc12. The molecule has 0 saturated carbocycles. The van der Waals surface area contributed by atoms with E-state index < -0.39 is 0 Å². The molecule has 0 atom stereocenters. The molecule has 0 aliphatic rings. The summed E-state index contributed by atoms with van der Waals surface area (Å²) < 4.78 is 0.768. The molecule has 0 aliphatic carbocycles. The first-order valence-electron chi connectivity index (χ1n) is 3.33. The van der Waals surface area contributed by atoms with E-state index in [1.165, 1.54) is 0 Å². The topological polar surface area (TPSA) is 25.8 Å². The first kappa shape index (κ1) is 7.95. The van der Waals surface area contributed by atoms with Crippen LogP contribution in [0.3, 0.4) is 0 Å². The standard InChI is InChI=1S/C8H4BrClN2/c9-7-3-6-5(4-12-7)1-2-11-8(6)10/h1-4H. The van der Waals surface area contributed by atoms with Crippen LogP contribution in [-0.4, -0.2) is 9.97 Å². The predicted molar refractivity (Wildman–Crippen MR) is 52.2 cm³/mol. The molecule has 2 nitrogen and oxygen atoms in total. The van der Waals surface area contributed by atoms with Gasteiger partial charge in [-0.3, -0.25) is 0 Å². The fourth-order valence-corrected chi connectivity index (χ4v) is 1.56. The summed E-state index contributed by atoms with van der Waals surface area (Å²) >= 11 is 9.14. The summed E-state index contributed by atoms with van der Waals surface area (Å²) in [6.45, 7) is 0. The van der Waals surface area contributed by atoms with Crippen LogP contribution in [-0.2, 0) is 0 Å². The van der Waals surface area contributed by atoms with E-state index >= 15 is 0 Å². The Balaban J connectivity index is 2.88. The third kappa shape index (κ3) is 1.30. The van der Waals surface area contributed by atoms with Gasteiger partial charge in [-0.15, -0.1) is 0 Å². The highest BCUT2D eigenvalue weighted by Gasteiger charge is 1.99. The lowest BCUT2D eigenvalue weighted by atomic mass is 10.2. The number of pyridine rings is 2. The van der Waals surface area contributed by atoms with Crippen molar-refractivity contribution < 1.29 is 0 Å². The molecule has 0 radical (unpaired) electrons. The van der Waals surface area contributed by atoms with Crippen molar-refractivity contribution in [2.75, 3.05) is 0 Å². The average molecular weight is 243 g/mol. The Morgan fingerprint density at radius 2 is 2.17 bits per heavy atom. The zero-order valence-corrected chi connectivity index (χ0v) is 8.30. The van der Waals surface area contributed by atoms with Gasteiger partial charge in [-0.25, -0.2) is 9.97 Å². The summed E-state index contributed by atoms with van der Waals surface area (Å²) in [6, 6.07) is 3.73. The molecule has 0 N–H and O–H groups in total. The molecule has 60 valence electrons. The van der Waals surface area contributed by atoms with Gasteiger partial charge in [-0.2, -0.15) is 0 Å². The van der Waals surface area contributed by atoms with Crippen LogP contribution in [0, 0.1) is 0 Å². The first-order valence-corrected chi connectivity index (χ1v) is 4.50. The zero-order valence-electron chi connectivity index (χ0n) is 5.96. The van der Waals surface area contributed by atoms with Crippen molar-refractivity contribution in [3.63, 3.8) is 0 Å². The summed E-state index contributed by atoms with van der Waals surface area (Å²) in [5, 5.41) is 2.43. The third-order valence-corrected chi connectivity index (χ3v) is 2.30. The molecule has 0 saturated heterocycles. The maximum absolute atomic E-state index is 5.87. The van der Waals surface area contributed by atoms with E-state index in [1.807, 2.05) is 12.1 Å². The Hall–Kier alpha value is -0.670. The number of hydrogen-bond donors (Lipinski definition) is 0. The Morgan fingerprint density at radius 3 is 3.00 bits per heavy atom. The molecule has 0 aromatic carbocycles. The second-order valence-electron chi connectivity index (χ2n) is 2.33. The number of halogens is 2. The number of rotatable bonds is 0. The summed E-state index contributed by atoms with van der Waals surface area (Å²) in [6.07, 6.45) is 3.42. The van der Waals surface area contributed by atoms with Gasteiger partial charge in [0.15, 0.2) is 0 Å². The highest BCUT2D eigenvalue weighted by molar-refractivity contribution is 9.10. The van der Waals surface area contributed by atoms with Crippen LogP contribution in [0.5, 0.6) is 0 Å². The van der Waals surface area contributed by atoms with Gasteiger partial charge in [0.05, 0.1) is 0 Å². The third-order valence-electron chi connectivity index (χ3n) is 1.57. The predicted octanol–water partition coefficient (Wildman–Crippen LogP) is 3.05. The van der Waals surface area contributed by atoms with Gasteiger partial charge in [0.1, 0.15) is 9.76 Å². The molecule has 4 heteroatoms. The molecule has 2 aromatic heterocycles. The van der Waals surface area contributed by atoms with Crippen molar-refractivity contribution in [3.05, 3.63) is 34.3 Å². The van der Waals surface area contributed by atoms with Crippen LogP contribution in [0.2, 0.25) is 5.15 Å². The average Bonchev–Trinajstić information content (AvgIpc) is 2.07. The van der Waals surface area contributed by atoms with E-state index in [9.17, 15) is 0 Å². The number of aromatic nitrogens is 2. The Morgan fingerprint density at radius 1 is 1.33 bits per heavy atom. The molecule has 2 heterocycles. The summed E-state index contributed by atoms with van der Waals surface area (Å²) in [4.78, 5) is 8.04. The first-order chi connectivity index (χ1) is 5.77. The Bertz CT molecular complexity index is 430. The van der Waals surface area contributed by atoms with Crippen molar-refractivity contribution in [2.24, 2.45) is 0 Å². The van der Waals surface area contributed by atoms with Crippen LogP contribution >= 0.6 is 27.5 Å². The molecule has 0 bridgehead atoms. The summed E-state index contributed by atoms with van der Waals surface area (Å²) in [7, 11) is 0. The van der Waals surface area contributed by atoms with Gasteiger partial charge in [0.25, 0.3) is 0 Å². The van der Waals surface area contributed by atoms with Gasteiger partial charge in [-0.1, -0.05) is 11.6 Å². The second-order valence-corrected chi connectivity index (χ2v) is 3.50. The van der Waals surface area contributed by atoms with Crippen molar-refractivity contribution in [2.45, 2.75) is 0 Å². The van der Waals surface area contributed by atoms with E-state index in [1.54, 1.807) is 12.4 Å². The lowest BCUT2D eigenvalue weighted by Crippen LogP contribution is -1.81. The molecule has 0 fully saturated rings. The minimum Gasteiger partial charge on any atom is -0.249 e. The fourth-order valence-electron chi connectivity index (χ4n) is 1.00. The molecule has 0 aliphatic heterocycles. The van der Waals surface area contributed by atoms with E-state index in [0.717, 1.165) is 15.4 Å². The molecule has 0 unspecified atom stereocenters. The van der Waals surface area contributed by atoms with Crippen molar-refractivity contribution >= 4 is 38.3 Å². The van der Waals surface area contributed by atoms with Gasteiger partial charge in [0, 0.05) is 23.2 Å². The van der Waals surface area contributed by atoms with E-state index in [-0.39, 0.29) is 0 Å². The highest BCUT2D eigenvalue weighted by Crippen LogP contribution is 2.22. The molecular weight excluding hydrogens is 239 g/mol. The summed E-state index contributed by atoms with van der Waals surface area (Å²) in [5.74, 6) is 0. The van der Waals surface area contributed by atoms with E-state index in [2.05, 4.69) is 25.9 Å².